The highest BCUT2D eigenvalue weighted by Gasteiger charge is 2.14. The van der Waals surface area contributed by atoms with Crippen molar-refractivity contribution < 1.29 is 4.39 Å². The summed E-state index contributed by atoms with van der Waals surface area (Å²) in [7, 11) is 1.87. The van der Waals surface area contributed by atoms with Gasteiger partial charge in [0.15, 0.2) is 0 Å². The number of benzene rings is 2. The molecule has 2 aromatic carbocycles. The molecule has 0 amide bonds. The third-order valence-electron chi connectivity index (χ3n) is 3.25. The number of hydrogen-bond donors (Lipinski definition) is 1. The summed E-state index contributed by atoms with van der Waals surface area (Å²) in [6.07, 6.45) is 1.81. The van der Waals surface area contributed by atoms with Crippen molar-refractivity contribution in [3.63, 3.8) is 0 Å². The van der Waals surface area contributed by atoms with E-state index in [4.69, 9.17) is 0 Å². The van der Waals surface area contributed by atoms with Gasteiger partial charge in [-0.1, -0.05) is 52.3 Å². The molecule has 19 heavy (non-hydrogen) atoms. The van der Waals surface area contributed by atoms with Gasteiger partial charge in [0.1, 0.15) is 5.82 Å². The number of halogens is 2. The fourth-order valence-corrected chi connectivity index (χ4v) is 2.53. The molecule has 0 aliphatic carbocycles. The van der Waals surface area contributed by atoms with Gasteiger partial charge in [-0.2, -0.15) is 0 Å². The van der Waals surface area contributed by atoms with Crippen molar-refractivity contribution in [1.29, 1.82) is 0 Å². The molecule has 0 aliphatic rings. The van der Waals surface area contributed by atoms with Crippen LogP contribution in [0.1, 0.15) is 23.6 Å². The zero-order valence-electron chi connectivity index (χ0n) is 10.9. The lowest BCUT2D eigenvalue weighted by molar-refractivity contribution is 0.508. The van der Waals surface area contributed by atoms with Gasteiger partial charge in [0.25, 0.3) is 0 Å². The zero-order chi connectivity index (χ0) is 13.7. The first-order valence-corrected chi connectivity index (χ1v) is 7.16. The van der Waals surface area contributed by atoms with E-state index in [-0.39, 0.29) is 11.9 Å². The van der Waals surface area contributed by atoms with Crippen molar-refractivity contribution in [2.45, 2.75) is 18.9 Å². The molecule has 2 aromatic rings. The SMILES string of the molecule is CNC(CCc1ccccc1)c1ccc(Br)cc1F. The van der Waals surface area contributed by atoms with E-state index >= 15 is 0 Å². The minimum absolute atomic E-state index is 0.0355. The molecule has 2 rings (SSSR count). The Morgan fingerprint density at radius 3 is 2.53 bits per heavy atom. The third kappa shape index (κ3) is 3.88. The van der Waals surface area contributed by atoms with Crippen molar-refractivity contribution in [3.05, 3.63) is 69.9 Å². The quantitative estimate of drug-likeness (QED) is 0.856. The monoisotopic (exact) mass is 321 g/mol. The topological polar surface area (TPSA) is 12.0 Å². The van der Waals surface area contributed by atoms with Crippen LogP contribution in [0, 0.1) is 5.82 Å². The molecule has 100 valence electrons. The van der Waals surface area contributed by atoms with E-state index in [1.54, 1.807) is 0 Å². The molecule has 0 heterocycles. The van der Waals surface area contributed by atoms with E-state index in [0.717, 1.165) is 22.9 Å². The summed E-state index contributed by atoms with van der Waals surface area (Å²) in [6, 6.07) is 15.5. The first-order chi connectivity index (χ1) is 9.20. The normalized spacial score (nSPS) is 12.4. The molecule has 3 heteroatoms. The molecule has 1 N–H and O–H groups in total. The summed E-state index contributed by atoms with van der Waals surface area (Å²) in [6.45, 7) is 0. The largest absolute Gasteiger partial charge is 0.313 e. The van der Waals surface area contributed by atoms with Gasteiger partial charge in [-0.15, -0.1) is 0 Å². The Hall–Kier alpha value is -1.19. The molecule has 0 spiro atoms. The molecule has 1 nitrogen and oxygen atoms in total. The number of aryl methyl sites for hydroxylation is 1. The highest BCUT2D eigenvalue weighted by Crippen LogP contribution is 2.24. The van der Waals surface area contributed by atoms with E-state index in [9.17, 15) is 4.39 Å². The second-order valence-electron chi connectivity index (χ2n) is 4.53. The molecule has 1 atom stereocenters. The van der Waals surface area contributed by atoms with Crippen LogP contribution in [0.25, 0.3) is 0 Å². The molecule has 1 unspecified atom stereocenters. The Bertz CT molecular complexity index is 528. The van der Waals surface area contributed by atoms with Crippen LogP contribution in [0.2, 0.25) is 0 Å². The average Bonchev–Trinajstić information content (AvgIpc) is 2.42. The second kappa shape index (κ2) is 6.83. The lowest BCUT2D eigenvalue weighted by atomic mass is 9.99. The van der Waals surface area contributed by atoms with Crippen molar-refractivity contribution in [3.8, 4) is 0 Å². The Balaban J connectivity index is 2.08. The maximum absolute atomic E-state index is 13.9. The van der Waals surface area contributed by atoms with Crippen LogP contribution in [0.15, 0.2) is 53.0 Å². The molecular weight excluding hydrogens is 305 g/mol. The van der Waals surface area contributed by atoms with Crippen LogP contribution in [0.3, 0.4) is 0 Å². The Labute approximate surface area is 122 Å². The Kier molecular flexibility index (Phi) is 5.11. The van der Waals surface area contributed by atoms with Gasteiger partial charge in [0.2, 0.25) is 0 Å². The molecule has 0 saturated heterocycles. The molecule has 0 bridgehead atoms. The van der Waals surface area contributed by atoms with E-state index in [0.29, 0.717) is 0 Å². The van der Waals surface area contributed by atoms with Gasteiger partial charge in [-0.3, -0.25) is 0 Å². The van der Waals surface area contributed by atoms with Gasteiger partial charge in [0, 0.05) is 16.1 Å². The van der Waals surface area contributed by atoms with Gasteiger partial charge in [0.05, 0.1) is 0 Å². The van der Waals surface area contributed by atoms with E-state index in [1.807, 2.05) is 37.4 Å². The zero-order valence-corrected chi connectivity index (χ0v) is 12.5. The summed E-state index contributed by atoms with van der Waals surface area (Å²) < 4.78 is 14.7. The van der Waals surface area contributed by atoms with Crippen LogP contribution < -0.4 is 5.32 Å². The summed E-state index contributed by atoms with van der Waals surface area (Å²) >= 11 is 3.28. The number of hydrogen-bond acceptors (Lipinski definition) is 1. The molecule has 0 saturated carbocycles. The van der Waals surface area contributed by atoms with E-state index in [2.05, 4.69) is 33.4 Å². The summed E-state index contributed by atoms with van der Waals surface area (Å²) in [5, 5.41) is 3.19. The lowest BCUT2D eigenvalue weighted by Crippen LogP contribution is -2.18. The van der Waals surface area contributed by atoms with Crippen molar-refractivity contribution in [2.24, 2.45) is 0 Å². The van der Waals surface area contributed by atoms with Gasteiger partial charge >= 0.3 is 0 Å². The van der Waals surface area contributed by atoms with Crippen LogP contribution in [-0.2, 0) is 6.42 Å². The van der Waals surface area contributed by atoms with Crippen molar-refractivity contribution in [1.82, 2.24) is 5.32 Å². The molecule has 0 aliphatic heterocycles. The van der Waals surface area contributed by atoms with Gasteiger partial charge in [-0.05, 0) is 37.6 Å². The van der Waals surface area contributed by atoms with Crippen LogP contribution in [-0.4, -0.2) is 7.05 Å². The first kappa shape index (κ1) is 14.2. The van der Waals surface area contributed by atoms with Crippen molar-refractivity contribution >= 4 is 15.9 Å². The number of rotatable bonds is 5. The smallest absolute Gasteiger partial charge is 0.129 e. The van der Waals surface area contributed by atoms with E-state index < -0.39 is 0 Å². The Morgan fingerprint density at radius 2 is 1.89 bits per heavy atom. The predicted molar refractivity (Wildman–Crippen MR) is 80.7 cm³/mol. The van der Waals surface area contributed by atoms with Crippen LogP contribution in [0.5, 0.6) is 0 Å². The minimum atomic E-state index is -0.165. The van der Waals surface area contributed by atoms with Gasteiger partial charge < -0.3 is 5.32 Å². The molecule has 0 radical (unpaired) electrons. The fourth-order valence-electron chi connectivity index (χ4n) is 2.20. The summed E-state index contributed by atoms with van der Waals surface area (Å²) in [5.41, 5.74) is 2.00. The predicted octanol–water partition coefficient (Wildman–Crippen LogP) is 4.48. The third-order valence-corrected chi connectivity index (χ3v) is 3.74. The van der Waals surface area contributed by atoms with E-state index in [1.165, 1.54) is 11.6 Å². The average molecular weight is 322 g/mol. The van der Waals surface area contributed by atoms with Crippen molar-refractivity contribution in [2.75, 3.05) is 7.05 Å². The highest BCUT2D eigenvalue weighted by atomic mass is 79.9. The number of nitrogens with one attached hydrogen (secondary N) is 1. The maximum Gasteiger partial charge on any atom is 0.129 e. The van der Waals surface area contributed by atoms with Crippen LogP contribution in [0.4, 0.5) is 4.39 Å². The summed E-state index contributed by atoms with van der Waals surface area (Å²) in [5.74, 6) is -0.165. The molecular formula is C16H17BrFN. The maximum atomic E-state index is 13.9. The first-order valence-electron chi connectivity index (χ1n) is 6.37. The fraction of sp³-hybridized carbons (Fsp3) is 0.250. The standard InChI is InChI=1S/C16H17BrFN/c1-19-16(10-7-12-5-3-2-4-6-12)14-9-8-13(17)11-15(14)18/h2-6,8-9,11,16,19H,7,10H2,1H3. The molecule has 0 fully saturated rings. The minimum Gasteiger partial charge on any atom is -0.313 e. The van der Waals surface area contributed by atoms with Gasteiger partial charge in [-0.25, -0.2) is 4.39 Å². The summed E-state index contributed by atoms with van der Waals surface area (Å²) in [4.78, 5) is 0. The van der Waals surface area contributed by atoms with Crippen LogP contribution >= 0.6 is 15.9 Å². The second-order valence-corrected chi connectivity index (χ2v) is 5.45. The Morgan fingerprint density at radius 1 is 1.16 bits per heavy atom. The lowest BCUT2D eigenvalue weighted by Gasteiger charge is -2.17. The molecule has 0 aromatic heterocycles. The highest BCUT2D eigenvalue weighted by molar-refractivity contribution is 9.10.